The molecule has 0 saturated carbocycles. The minimum absolute atomic E-state index is 0.00714. The third-order valence-corrected chi connectivity index (χ3v) is 12.8. The predicted molar refractivity (Wildman–Crippen MR) is 195 cm³/mol. The molecule has 4 aromatic rings. The minimum atomic E-state index is -4.93. The van der Waals surface area contributed by atoms with Crippen LogP contribution in [0.25, 0.3) is 22.2 Å². The maximum absolute atomic E-state index is 14.7. The fraction of sp³-hybridized carbons (Fsp3) is 0.450. The van der Waals surface area contributed by atoms with Crippen molar-refractivity contribution in [2.75, 3.05) is 26.2 Å². The summed E-state index contributed by atoms with van der Waals surface area (Å²) >= 11 is 0. The highest BCUT2D eigenvalue weighted by molar-refractivity contribution is 7.92. The van der Waals surface area contributed by atoms with Crippen LogP contribution in [0.1, 0.15) is 79.5 Å². The summed E-state index contributed by atoms with van der Waals surface area (Å²) in [5.74, 6) is -0.984. The van der Waals surface area contributed by atoms with E-state index in [2.05, 4.69) is 22.0 Å². The Hall–Kier alpha value is -4.01. The zero-order valence-electron chi connectivity index (χ0n) is 30.3. The molecule has 14 heteroatoms. The quantitative estimate of drug-likeness (QED) is 0.171. The van der Waals surface area contributed by atoms with Gasteiger partial charge in [-0.3, -0.25) is 9.69 Å². The second-order valence-corrected chi connectivity index (χ2v) is 17.2. The second-order valence-electron chi connectivity index (χ2n) is 14.7. The zero-order valence-corrected chi connectivity index (χ0v) is 31.2. The Labute approximate surface area is 311 Å². The number of carbonyl (C=O) groups is 1. The summed E-state index contributed by atoms with van der Waals surface area (Å²) < 4.78 is 113. The fourth-order valence-electron chi connectivity index (χ4n) is 7.81. The molecular weight excluding hydrogens is 731 g/mol. The van der Waals surface area contributed by atoms with E-state index in [1.807, 2.05) is 0 Å². The maximum atomic E-state index is 14.7. The average Bonchev–Trinajstić information content (AvgIpc) is 3.13. The highest BCUT2D eigenvalue weighted by atomic mass is 32.2. The largest absolute Gasteiger partial charge is 0.416 e. The van der Waals surface area contributed by atoms with Gasteiger partial charge in [0.05, 0.1) is 32.5 Å². The molecule has 3 aromatic carbocycles. The van der Waals surface area contributed by atoms with Crippen molar-refractivity contribution in [3.05, 3.63) is 95.1 Å². The molecule has 3 heterocycles. The number of carbonyl (C=O) groups excluding carboxylic acids is 1. The van der Waals surface area contributed by atoms with E-state index in [-0.39, 0.29) is 56.2 Å². The molecular formula is C40H44F6N4O3S. The van der Waals surface area contributed by atoms with Gasteiger partial charge in [0.15, 0.2) is 15.9 Å². The summed E-state index contributed by atoms with van der Waals surface area (Å²) in [6, 6.07) is 13.0. The summed E-state index contributed by atoms with van der Waals surface area (Å²) in [5.41, 5.74) is -1.31. The molecule has 3 atom stereocenters. The Bertz CT molecular complexity index is 2080. The normalized spacial score (nSPS) is 20.0. The number of pyridine rings is 1. The molecule has 2 fully saturated rings. The van der Waals surface area contributed by atoms with E-state index in [0.717, 1.165) is 44.5 Å². The first-order valence-electron chi connectivity index (χ1n) is 18.2. The highest BCUT2D eigenvalue weighted by Gasteiger charge is 2.43. The van der Waals surface area contributed by atoms with Crippen LogP contribution in [-0.4, -0.2) is 72.8 Å². The molecule has 0 aliphatic carbocycles. The van der Waals surface area contributed by atoms with E-state index in [4.69, 9.17) is 4.98 Å². The van der Waals surface area contributed by atoms with Gasteiger partial charge in [-0.25, -0.2) is 13.4 Å². The molecule has 6 rings (SSSR count). The molecule has 7 nitrogen and oxygen atoms in total. The molecule has 2 aliphatic heterocycles. The molecule has 1 amide bonds. The van der Waals surface area contributed by atoms with Crippen LogP contribution in [0.15, 0.2) is 77.7 Å². The lowest BCUT2D eigenvalue weighted by Gasteiger charge is -2.44. The maximum Gasteiger partial charge on any atom is 0.416 e. The number of amides is 1. The van der Waals surface area contributed by atoms with E-state index < -0.39 is 45.0 Å². The summed E-state index contributed by atoms with van der Waals surface area (Å²) in [5, 5.41) is 1.28. The first-order chi connectivity index (χ1) is 25.4. The fourth-order valence-corrected chi connectivity index (χ4v) is 8.89. The Morgan fingerprint density at radius 1 is 0.907 bits per heavy atom. The topological polar surface area (TPSA) is 82.6 Å². The van der Waals surface area contributed by atoms with E-state index in [1.165, 1.54) is 74.9 Å². The van der Waals surface area contributed by atoms with Gasteiger partial charge in [0, 0.05) is 35.6 Å². The average molecular weight is 775 g/mol. The van der Waals surface area contributed by atoms with Crippen LogP contribution in [0.4, 0.5) is 26.3 Å². The number of sulfone groups is 1. The lowest BCUT2D eigenvalue weighted by molar-refractivity contribution is -0.155. The van der Waals surface area contributed by atoms with Gasteiger partial charge in [0.2, 0.25) is 0 Å². The molecule has 290 valence electrons. The predicted octanol–water partition coefficient (Wildman–Crippen LogP) is 8.83. The van der Waals surface area contributed by atoms with Crippen LogP contribution in [0, 0.1) is 5.92 Å². The number of nitrogens with zero attached hydrogens (tertiary/aromatic N) is 3. The van der Waals surface area contributed by atoms with Gasteiger partial charge in [0.25, 0.3) is 5.91 Å². The Balaban J connectivity index is 1.56. The van der Waals surface area contributed by atoms with Crippen molar-refractivity contribution in [3.63, 3.8) is 0 Å². The Kier molecular flexibility index (Phi) is 11.5. The lowest BCUT2D eigenvalue weighted by Crippen LogP contribution is -2.51. The smallest absolute Gasteiger partial charge is 0.337 e. The number of rotatable bonds is 9. The third kappa shape index (κ3) is 8.45. The van der Waals surface area contributed by atoms with E-state index in [0.29, 0.717) is 19.1 Å². The number of hydrogen-bond acceptors (Lipinski definition) is 6. The van der Waals surface area contributed by atoms with E-state index in [1.54, 1.807) is 6.07 Å². The van der Waals surface area contributed by atoms with Gasteiger partial charge < -0.3 is 10.2 Å². The molecule has 54 heavy (non-hydrogen) atoms. The van der Waals surface area contributed by atoms with Crippen molar-refractivity contribution in [2.45, 2.75) is 87.6 Å². The van der Waals surface area contributed by atoms with Crippen molar-refractivity contribution in [3.8, 4) is 11.3 Å². The standard InChI is InChI=1S/C40H44F6N4O3S/c1-25(2)54(52,53)30-15-16-33-31(22-30)35(38(51)48-37(40(44,45)46)27-11-6-4-7-12-27)32(36(47-33)28-13-10-14-29(21-28)39(41,42)43)24-49-20-17-34(26(3)23-49)50-18-8-5-9-19-50/h4,6-7,10-16,21-22,25-26,34,37H,5,8-9,17-20,23-24H2,1-3H3,(H,48,51)/t26?,34?,37-/m1/s1. The van der Waals surface area contributed by atoms with Gasteiger partial charge in [-0.2, -0.15) is 26.3 Å². The third-order valence-electron chi connectivity index (χ3n) is 10.6. The van der Waals surface area contributed by atoms with Crippen LogP contribution < -0.4 is 5.32 Å². The minimum Gasteiger partial charge on any atom is -0.337 e. The summed E-state index contributed by atoms with van der Waals surface area (Å²) in [7, 11) is -3.93. The summed E-state index contributed by atoms with van der Waals surface area (Å²) in [6.45, 7) is 8.17. The number of benzene rings is 3. The molecule has 0 radical (unpaired) electrons. The first kappa shape index (κ1) is 39.7. The number of halogens is 6. The molecule has 2 aliphatic rings. The molecule has 1 N–H and O–H groups in total. The van der Waals surface area contributed by atoms with Crippen molar-refractivity contribution >= 4 is 26.6 Å². The number of alkyl halides is 6. The second kappa shape index (κ2) is 15.6. The highest BCUT2D eigenvalue weighted by Crippen LogP contribution is 2.39. The molecule has 2 unspecified atom stereocenters. The summed E-state index contributed by atoms with van der Waals surface area (Å²) in [4.78, 5) is 23.7. The zero-order chi connectivity index (χ0) is 39.0. The Morgan fingerprint density at radius 2 is 1.61 bits per heavy atom. The molecule has 1 aromatic heterocycles. The van der Waals surface area contributed by atoms with Gasteiger partial charge in [-0.05, 0) is 94.6 Å². The number of likely N-dealkylation sites (tertiary alicyclic amines) is 2. The van der Waals surface area contributed by atoms with Crippen LogP contribution >= 0.6 is 0 Å². The van der Waals surface area contributed by atoms with Crippen molar-refractivity contribution < 1.29 is 39.6 Å². The van der Waals surface area contributed by atoms with Gasteiger partial charge in [0.1, 0.15) is 0 Å². The number of hydrogen-bond donors (Lipinski definition) is 1. The van der Waals surface area contributed by atoms with E-state index in [9.17, 15) is 39.6 Å². The van der Waals surface area contributed by atoms with Crippen molar-refractivity contribution in [1.29, 1.82) is 0 Å². The van der Waals surface area contributed by atoms with Crippen LogP contribution in [0.3, 0.4) is 0 Å². The van der Waals surface area contributed by atoms with Crippen LogP contribution in [-0.2, 0) is 22.6 Å². The van der Waals surface area contributed by atoms with Crippen LogP contribution in [0.2, 0.25) is 0 Å². The SMILES string of the molecule is CC1CN(Cc2c(-c3cccc(C(F)(F)F)c3)nc3ccc(S(=O)(=O)C(C)C)cc3c2C(=O)N[C@H](c2ccccc2)C(F)(F)F)CCC1N1CCCCC1. The van der Waals surface area contributed by atoms with E-state index >= 15 is 0 Å². The van der Waals surface area contributed by atoms with Gasteiger partial charge in [-0.15, -0.1) is 0 Å². The van der Waals surface area contributed by atoms with Crippen molar-refractivity contribution in [1.82, 2.24) is 20.1 Å². The van der Waals surface area contributed by atoms with Gasteiger partial charge >= 0.3 is 12.4 Å². The van der Waals surface area contributed by atoms with Gasteiger partial charge in [-0.1, -0.05) is 55.8 Å². The molecule has 2 saturated heterocycles. The number of nitrogens with one attached hydrogen (secondary N) is 1. The van der Waals surface area contributed by atoms with Crippen molar-refractivity contribution in [2.24, 2.45) is 5.92 Å². The first-order valence-corrected chi connectivity index (χ1v) is 19.8. The molecule has 0 bridgehead atoms. The molecule has 0 spiro atoms. The van der Waals surface area contributed by atoms with Crippen LogP contribution in [0.5, 0.6) is 0 Å². The summed E-state index contributed by atoms with van der Waals surface area (Å²) in [6.07, 6.45) is -5.45. The lowest BCUT2D eigenvalue weighted by atomic mass is 9.89. The number of piperidine rings is 2. The Morgan fingerprint density at radius 3 is 2.24 bits per heavy atom. The number of fused-ring (bicyclic) bond motifs is 1. The number of aromatic nitrogens is 1. The monoisotopic (exact) mass is 774 g/mol.